The van der Waals surface area contributed by atoms with Crippen LogP contribution in [0.15, 0.2) is 165 Å². The normalized spacial score (nSPS) is 11.9. The number of nitrogens with one attached hydrogen (secondary N) is 2. The monoisotopic (exact) mass is 810 g/mol. The molecule has 2 heterocycles. The SMILES string of the molecule is O=C(CCn1c2ccccc2c2ccccc21)Nc1cccc2c(=O)c3cc4c(=O)c5c(NC(=O)CCn6c7ccccc7c7ccccc76)cccc5c(=O)c4cc3c(=O)c12. The fourth-order valence-corrected chi connectivity index (χ4v) is 9.43. The van der Waals surface area contributed by atoms with E-state index < -0.39 is 21.7 Å². The Kier molecular flexibility index (Phi) is 8.43. The topological polar surface area (TPSA) is 136 Å². The molecule has 10 heteroatoms. The standard InChI is InChI=1S/C52H34N4O6/c57-45(23-25-55-41-19-5-1-11-29(41)30-12-2-6-20-42(30)55)53-39-17-9-15-33-47(39)51(61)37-27-36-38(28-35(37)49(33)59)52(62)48-34(50(36)60)16-10-18-40(48)54-46(58)24-26-56-43-21-7-3-13-31(43)32-14-4-8-22-44(32)56/h1-22,27-28H,23-26H2,(H,53,57)(H,54,58). The number of amides is 2. The second kappa shape index (κ2) is 14.2. The summed E-state index contributed by atoms with van der Waals surface area (Å²) in [4.78, 5) is 84.1. The number of benzene rings is 9. The van der Waals surface area contributed by atoms with Crippen LogP contribution in [-0.2, 0) is 22.7 Å². The van der Waals surface area contributed by atoms with Crippen LogP contribution in [0.5, 0.6) is 0 Å². The Bertz CT molecular complexity index is 3600. The molecule has 0 radical (unpaired) electrons. The summed E-state index contributed by atoms with van der Waals surface area (Å²) in [6.07, 6.45) is 0.192. The molecule has 0 bridgehead atoms. The summed E-state index contributed by atoms with van der Waals surface area (Å²) in [6, 6.07) is 44.1. The van der Waals surface area contributed by atoms with Crippen molar-refractivity contribution in [2.75, 3.05) is 10.6 Å². The highest BCUT2D eigenvalue weighted by atomic mass is 16.2. The lowest BCUT2D eigenvalue weighted by Crippen LogP contribution is -2.21. The van der Waals surface area contributed by atoms with Gasteiger partial charge in [0, 0.05) is 102 Å². The second-order valence-electron chi connectivity index (χ2n) is 15.7. The number of hydrogen-bond donors (Lipinski definition) is 2. The molecule has 2 N–H and O–H groups in total. The van der Waals surface area contributed by atoms with Gasteiger partial charge in [0.05, 0.1) is 22.1 Å². The van der Waals surface area contributed by atoms with E-state index in [4.69, 9.17) is 0 Å². The van der Waals surface area contributed by atoms with Crippen molar-refractivity contribution in [1.29, 1.82) is 0 Å². The molecule has 0 spiro atoms. The number of carbonyl (C=O) groups excluding carboxylic acids is 2. The summed E-state index contributed by atoms with van der Waals surface area (Å²) < 4.78 is 4.19. The van der Waals surface area contributed by atoms with E-state index in [-0.39, 0.29) is 79.1 Å². The molecule has 11 aromatic rings. The Morgan fingerprint density at radius 2 is 0.661 bits per heavy atom. The van der Waals surface area contributed by atoms with Crippen molar-refractivity contribution in [3.05, 3.63) is 186 Å². The molecule has 0 aliphatic rings. The van der Waals surface area contributed by atoms with Gasteiger partial charge in [0.15, 0.2) is 21.7 Å². The van der Waals surface area contributed by atoms with Crippen molar-refractivity contribution >= 4 is 110 Å². The van der Waals surface area contributed by atoms with Gasteiger partial charge in [0.2, 0.25) is 11.8 Å². The third kappa shape index (κ3) is 5.64. The zero-order valence-electron chi connectivity index (χ0n) is 33.0. The van der Waals surface area contributed by atoms with Gasteiger partial charge in [0.1, 0.15) is 0 Å². The number of rotatable bonds is 8. The molecular formula is C52H34N4O6. The van der Waals surface area contributed by atoms with Crippen LogP contribution < -0.4 is 32.3 Å². The minimum absolute atomic E-state index is 0.0200. The van der Waals surface area contributed by atoms with Gasteiger partial charge >= 0.3 is 0 Å². The molecular weight excluding hydrogens is 777 g/mol. The maximum atomic E-state index is 14.3. The van der Waals surface area contributed by atoms with E-state index in [9.17, 15) is 28.8 Å². The van der Waals surface area contributed by atoms with Gasteiger partial charge in [-0.2, -0.15) is 0 Å². The lowest BCUT2D eigenvalue weighted by Gasteiger charge is -2.12. The largest absolute Gasteiger partial charge is 0.340 e. The molecule has 11 rings (SSSR count). The Labute approximate surface area is 350 Å². The molecule has 0 saturated carbocycles. The minimum Gasteiger partial charge on any atom is -0.340 e. The molecule has 62 heavy (non-hydrogen) atoms. The van der Waals surface area contributed by atoms with Crippen LogP contribution >= 0.6 is 0 Å². The van der Waals surface area contributed by atoms with Crippen molar-refractivity contribution in [2.24, 2.45) is 0 Å². The fourth-order valence-electron chi connectivity index (χ4n) is 9.43. The first-order valence-electron chi connectivity index (χ1n) is 20.4. The summed E-state index contributed by atoms with van der Waals surface area (Å²) in [6.45, 7) is 0.755. The van der Waals surface area contributed by atoms with E-state index in [1.807, 2.05) is 72.8 Å². The quantitative estimate of drug-likeness (QED) is 0.147. The van der Waals surface area contributed by atoms with Gasteiger partial charge in [-0.1, -0.05) is 97.1 Å². The van der Waals surface area contributed by atoms with Crippen LogP contribution in [0.4, 0.5) is 11.4 Å². The summed E-state index contributed by atoms with van der Waals surface area (Å²) in [5.41, 5.74) is 2.24. The number of aryl methyl sites for hydroxylation is 2. The first-order chi connectivity index (χ1) is 30.3. The third-order valence-corrected chi connectivity index (χ3v) is 12.2. The molecule has 0 aliphatic carbocycles. The molecule has 298 valence electrons. The van der Waals surface area contributed by atoms with E-state index >= 15 is 0 Å². The highest BCUT2D eigenvalue weighted by Gasteiger charge is 2.21. The third-order valence-electron chi connectivity index (χ3n) is 12.2. The van der Waals surface area contributed by atoms with E-state index in [1.54, 1.807) is 24.3 Å². The van der Waals surface area contributed by atoms with E-state index in [1.165, 1.54) is 24.3 Å². The van der Waals surface area contributed by atoms with Crippen LogP contribution in [0.25, 0.3) is 86.7 Å². The molecule has 0 saturated heterocycles. The van der Waals surface area contributed by atoms with E-state index in [2.05, 4.69) is 44.0 Å². The van der Waals surface area contributed by atoms with Crippen LogP contribution in [-0.4, -0.2) is 20.9 Å². The minimum atomic E-state index is -0.550. The van der Waals surface area contributed by atoms with Crippen LogP contribution in [0.2, 0.25) is 0 Å². The molecule has 0 unspecified atom stereocenters. The molecule has 9 aromatic carbocycles. The van der Waals surface area contributed by atoms with Gasteiger partial charge in [0.25, 0.3) is 0 Å². The number of aromatic nitrogens is 2. The van der Waals surface area contributed by atoms with E-state index in [0.717, 1.165) is 43.6 Å². The van der Waals surface area contributed by atoms with Crippen LogP contribution in [0.1, 0.15) is 12.8 Å². The van der Waals surface area contributed by atoms with Crippen LogP contribution in [0.3, 0.4) is 0 Å². The first kappa shape index (κ1) is 36.8. The first-order valence-corrected chi connectivity index (χ1v) is 20.4. The van der Waals surface area contributed by atoms with Crippen molar-refractivity contribution < 1.29 is 9.59 Å². The van der Waals surface area contributed by atoms with Gasteiger partial charge < -0.3 is 19.8 Å². The summed E-state index contributed by atoms with van der Waals surface area (Å²) in [5, 5.41) is 10.2. The number of para-hydroxylation sites is 4. The summed E-state index contributed by atoms with van der Waals surface area (Å²) in [5.74, 6) is -0.688. The molecule has 0 aliphatic heterocycles. The number of fused-ring (bicyclic) bond motifs is 10. The second-order valence-corrected chi connectivity index (χ2v) is 15.7. The zero-order chi connectivity index (χ0) is 42.2. The average Bonchev–Trinajstić information content (AvgIpc) is 3.80. The van der Waals surface area contributed by atoms with Gasteiger partial charge in [-0.05, 0) is 48.5 Å². The van der Waals surface area contributed by atoms with Gasteiger partial charge in [-0.15, -0.1) is 0 Å². The molecule has 2 aromatic heterocycles. The molecule has 10 nitrogen and oxygen atoms in total. The van der Waals surface area contributed by atoms with Crippen molar-refractivity contribution in [2.45, 2.75) is 25.9 Å². The van der Waals surface area contributed by atoms with E-state index in [0.29, 0.717) is 13.1 Å². The summed E-state index contributed by atoms with van der Waals surface area (Å²) >= 11 is 0. The number of carbonyl (C=O) groups is 2. The van der Waals surface area contributed by atoms with Crippen molar-refractivity contribution in [3.63, 3.8) is 0 Å². The number of anilines is 2. The summed E-state index contributed by atoms with van der Waals surface area (Å²) in [7, 11) is 0. The zero-order valence-corrected chi connectivity index (χ0v) is 33.0. The predicted octanol–water partition coefficient (Wildman–Crippen LogP) is 8.89. The van der Waals surface area contributed by atoms with Crippen molar-refractivity contribution in [3.8, 4) is 0 Å². The molecule has 0 atom stereocenters. The average molecular weight is 811 g/mol. The number of nitrogens with zero attached hydrogens (tertiary/aromatic N) is 2. The highest BCUT2D eigenvalue weighted by molar-refractivity contribution is 6.14. The highest BCUT2D eigenvalue weighted by Crippen LogP contribution is 2.31. The number of hydrogen-bond acceptors (Lipinski definition) is 6. The Morgan fingerprint density at radius 3 is 1.02 bits per heavy atom. The maximum absolute atomic E-state index is 14.3. The Morgan fingerprint density at radius 1 is 0.355 bits per heavy atom. The van der Waals surface area contributed by atoms with Gasteiger partial charge in [-0.25, -0.2) is 0 Å². The van der Waals surface area contributed by atoms with Crippen LogP contribution in [0, 0.1) is 0 Å². The molecule has 0 fully saturated rings. The maximum Gasteiger partial charge on any atom is 0.226 e. The molecule has 2 amide bonds. The fraction of sp³-hybridized carbons (Fsp3) is 0.0769. The smallest absolute Gasteiger partial charge is 0.226 e. The Balaban J connectivity index is 0.926. The lowest BCUT2D eigenvalue weighted by atomic mass is 9.95. The van der Waals surface area contributed by atoms with Gasteiger partial charge in [-0.3, -0.25) is 28.8 Å². The predicted molar refractivity (Wildman–Crippen MR) is 249 cm³/mol. The Hall–Kier alpha value is -8.24. The lowest BCUT2D eigenvalue weighted by molar-refractivity contribution is -0.117. The van der Waals surface area contributed by atoms with Crippen molar-refractivity contribution in [1.82, 2.24) is 9.13 Å².